The van der Waals surface area contributed by atoms with Crippen molar-refractivity contribution in [1.29, 1.82) is 0 Å². The largest absolute Gasteiger partial charge is 0.456 e. The van der Waals surface area contributed by atoms with Gasteiger partial charge >= 0.3 is 0 Å². The monoisotopic (exact) mass is 441 g/mol. The molecule has 2 heterocycles. The molecule has 1 aliphatic heterocycles. The van der Waals surface area contributed by atoms with E-state index in [0.29, 0.717) is 12.0 Å². The Morgan fingerprint density at radius 1 is 0.824 bits per heavy atom. The summed E-state index contributed by atoms with van der Waals surface area (Å²) in [6.45, 7) is 4.39. The summed E-state index contributed by atoms with van der Waals surface area (Å²) in [6, 6.07) is 20.5. The van der Waals surface area contributed by atoms with Crippen LogP contribution in [0.25, 0.3) is 33.1 Å². The second-order valence-corrected chi connectivity index (χ2v) is 9.93. The number of nitrogens with zero attached hydrogens (tertiary/aromatic N) is 1. The van der Waals surface area contributed by atoms with E-state index < -0.39 is 0 Å². The molecule has 0 saturated heterocycles. The maximum Gasteiger partial charge on any atom is 0.135 e. The lowest BCUT2D eigenvalue weighted by Gasteiger charge is -2.32. The third-order valence-corrected chi connectivity index (χ3v) is 7.61. The summed E-state index contributed by atoms with van der Waals surface area (Å²) in [5, 5.41) is 2.38. The minimum absolute atomic E-state index is 0.384. The van der Waals surface area contributed by atoms with Crippen LogP contribution >= 0.6 is 0 Å². The van der Waals surface area contributed by atoms with E-state index in [4.69, 9.17) is 4.42 Å². The zero-order valence-corrected chi connectivity index (χ0v) is 19.6. The Morgan fingerprint density at radius 3 is 2.47 bits per heavy atom. The van der Waals surface area contributed by atoms with Crippen molar-refractivity contribution in [2.45, 2.75) is 38.6 Å². The number of allylic oxidation sites excluding steroid dienone is 6. The van der Waals surface area contributed by atoms with Crippen LogP contribution in [0.4, 0.5) is 5.69 Å². The number of hydrogen-bond donors (Lipinski definition) is 0. The van der Waals surface area contributed by atoms with Gasteiger partial charge in [0, 0.05) is 28.1 Å². The van der Waals surface area contributed by atoms with Crippen molar-refractivity contribution < 1.29 is 4.42 Å². The average molecular weight is 442 g/mol. The Hall–Kier alpha value is -3.78. The predicted molar refractivity (Wildman–Crippen MR) is 142 cm³/mol. The lowest BCUT2D eigenvalue weighted by atomic mass is 9.87. The molecule has 0 bridgehead atoms. The van der Waals surface area contributed by atoms with Gasteiger partial charge in [-0.25, -0.2) is 0 Å². The minimum atomic E-state index is 0.384. The minimum Gasteiger partial charge on any atom is -0.456 e. The summed E-state index contributed by atoms with van der Waals surface area (Å²) in [6.07, 6.45) is 15.8. The molecule has 7 rings (SSSR count). The maximum absolute atomic E-state index is 6.10. The lowest BCUT2D eigenvalue weighted by Crippen LogP contribution is -2.32. The molecule has 2 aliphatic carbocycles. The molecule has 3 aliphatic rings. The Labute approximate surface area is 200 Å². The lowest BCUT2D eigenvalue weighted by molar-refractivity contribution is 0.669. The third-order valence-electron chi connectivity index (χ3n) is 7.61. The summed E-state index contributed by atoms with van der Waals surface area (Å²) < 4.78 is 6.10. The van der Waals surface area contributed by atoms with E-state index in [1.807, 2.05) is 0 Å². The van der Waals surface area contributed by atoms with E-state index in [1.165, 1.54) is 50.0 Å². The maximum atomic E-state index is 6.10. The summed E-state index contributed by atoms with van der Waals surface area (Å²) >= 11 is 0. The fourth-order valence-corrected chi connectivity index (χ4v) is 5.93. The van der Waals surface area contributed by atoms with E-state index in [9.17, 15) is 0 Å². The molecule has 0 spiro atoms. The van der Waals surface area contributed by atoms with Crippen LogP contribution in [0.3, 0.4) is 0 Å². The van der Waals surface area contributed by atoms with Crippen molar-refractivity contribution in [2.75, 3.05) is 4.90 Å². The molecule has 3 aromatic carbocycles. The molecule has 2 heteroatoms. The van der Waals surface area contributed by atoms with Gasteiger partial charge in [0.05, 0.1) is 6.04 Å². The van der Waals surface area contributed by atoms with Crippen molar-refractivity contribution >= 4 is 27.6 Å². The van der Waals surface area contributed by atoms with Gasteiger partial charge in [-0.2, -0.15) is 0 Å². The van der Waals surface area contributed by atoms with Crippen molar-refractivity contribution in [3.63, 3.8) is 0 Å². The molecule has 0 saturated carbocycles. The number of furan rings is 1. The first kappa shape index (κ1) is 19.7. The molecule has 1 aromatic heterocycles. The van der Waals surface area contributed by atoms with Crippen LogP contribution in [-0.4, -0.2) is 6.04 Å². The summed E-state index contributed by atoms with van der Waals surface area (Å²) in [5.74, 6) is 0.431. The molecular weight excluding hydrogens is 414 g/mol. The van der Waals surface area contributed by atoms with Gasteiger partial charge in [-0.1, -0.05) is 59.7 Å². The van der Waals surface area contributed by atoms with Crippen LogP contribution < -0.4 is 4.90 Å². The molecular formula is C32H27NO. The average Bonchev–Trinajstić information content (AvgIpc) is 3.38. The van der Waals surface area contributed by atoms with Gasteiger partial charge in [-0.05, 0) is 85.9 Å². The van der Waals surface area contributed by atoms with Crippen molar-refractivity contribution in [3.8, 4) is 11.1 Å². The Bertz CT molecular complexity index is 1590. The van der Waals surface area contributed by atoms with Crippen molar-refractivity contribution in [3.05, 3.63) is 113 Å². The second kappa shape index (κ2) is 7.36. The zero-order valence-electron chi connectivity index (χ0n) is 19.6. The normalized spacial score (nSPS) is 21.1. The highest BCUT2D eigenvalue weighted by Crippen LogP contribution is 2.51. The Balaban J connectivity index is 1.36. The zero-order chi connectivity index (χ0) is 22.8. The SMILES string of the molecule is CC1=CC=C2C(C1)c1cc(-c3ccc4oc5ccc(C)cc5c4c3)ccc1N2C1C=CC=CC1. The Morgan fingerprint density at radius 2 is 1.62 bits per heavy atom. The molecule has 4 aromatic rings. The van der Waals surface area contributed by atoms with Gasteiger partial charge in [-0.15, -0.1) is 0 Å². The van der Waals surface area contributed by atoms with E-state index in [0.717, 1.165) is 24.0 Å². The quantitative estimate of drug-likeness (QED) is 0.310. The molecule has 2 atom stereocenters. The number of benzene rings is 3. The van der Waals surface area contributed by atoms with E-state index in [1.54, 1.807) is 0 Å². The predicted octanol–water partition coefficient (Wildman–Crippen LogP) is 8.58. The number of rotatable bonds is 2. The molecule has 0 amide bonds. The van der Waals surface area contributed by atoms with E-state index >= 15 is 0 Å². The van der Waals surface area contributed by atoms with Crippen molar-refractivity contribution in [1.82, 2.24) is 0 Å². The van der Waals surface area contributed by atoms with Gasteiger partial charge in [0.1, 0.15) is 11.2 Å². The first-order valence-corrected chi connectivity index (χ1v) is 12.2. The number of fused-ring (bicyclic) bond motifs is 6. The summed E-state index contributed by atoms with van der Waals surface area (Å²) in [5.41, 5.74) is 11.4. The van der Waals surface area contributed by atoms with Crippen LogP contribution in [0.5, 0.6) is 0 Å². The van der Waals surface area contributed by atoms with Crippen LogP contribution in [0.2, 0.25) is 0 Å². The standard InChI is InChI=1S/C32H27NO/c1-20-8-12-29-25(16-20)26-18-22(10-13-30(26)33(29)24-6-4-3-5-7-24)23-11-15-32-28(19-23)27-17-21(2)9-14-31(27)34-32/h3-6,8-15,17-19,24-25H,7,16H2,1-2H3. The summed E-state index contributed by atoms with van der Waals surface area (Å²) in [4.78, 5) is 2.57. The fourth-order valence-electron chi connectivity index (χ4n) is 5.93. The van der Waals surface area contributed by atoms with Crippen LogP contribution in [0.15, 0.2) is 107 Å². The number of aryl methyl sites for hydroxylation is 1. The van der Waals surface area contributed by atoms with Gasteiger partial charge in [0.25, 0.3) is 0 Å². The highest BCUT2D eigenvalue weighted by molar-refractivity contribution is 6.06. The molecule has 166 valence electrons. The smallest absolute Gasteiger partial charge is 0.135 e. The molecule has 0 N–H and O–H groups in total. The van der Waals surface area contributed by atoms with E-state index in [2.05, 4.69) is 110 Å². The first-order chi connectivity index (χ1) is 16.7. The van der Waals surface area contributed by atoms with Crippen LogP contribution in [0.1, 0.15) is 36.8 Å². The highest BCUT2D eigenvalue weighted by Gasteiger charge is 2.37. The molecule has 0 radical (unpaired) electrons. The second-order valence-electron chi connectivity index (χ2n) is 9.93. The number of anilines is 1. The first-order valence-electron chi connectivity index (χ1n) is 12.2. The van der Waals surface area contributed by atoms with E-state index in [-0.39, 0.29) is 0 Å². The number of hydrogen-bond acceptors (Lipinski definition) is 2. The van der Waals surface area contributed by atoms with Gasteiger partial charge in [0.15, 0.2) is 0 Å². The highest BCUT2D eigenvalue weighted by atomic mass is 16.3. The van der Waals surface area contributed by atoms with Gasteiger partial charge in [-0.3, -0.25) is 0 Å². The Kier molecular flexibility index (Phi) is 4.26. The van der Waals surface area contributed by atoms with Gasteiger partial charge < -0.3 is 9.32 Å². The molecule has 2 unspecified atom stereocenters. The summed E-state index contributed by atoms with van der Waals surface area (Å²) in [7, 11) is 0. The van der Waals surface area contributed by atoms with Crippen molar-refractivity contribution in [2.24, 2.45) is 0 Å². The fraction of sp³-hybridized carbons (Fsp3) is 0.188. The third kappa shape index (κ3) is 2.95. The topological polar surface area (TPSA) is 16.4 Å². The van der Waals surface area contributed by atoms with Gasteiger partial charge in [0.2, 0.25) is 0 Å². The molecule has 0 fully saturated rings. The molecule has 2 nitrogen and oxygen atoms in total. The van der Waals surface area contributed by atoms with Crippen LogP contribution in [0, 0.1) is 6.92 Å². The van der Waals surface area contributed by atoms with Crippen LogP contribution in [-0.2, 0) is 0 Å². The molecule has 34 heavy (non-hydrogen) atoms.